The Hall–Kier alpha value is -1.08. The molecular weight excluding hydrogens is 236 g/mol. The summed E-state index contributed by atoms with van der Waals surface area (Å²) < 4.78 is 5.49. The number of nitriles is 1. The molecule has 3 nitrogen and oxygen atoms in total. The summed E-state index contributed by atoms with van der Waals surface area (Å²) in [5, 5.41) is 10.0. The van der Waals surface area contributed by atoms with Crippen LogP contribution in [0.15, 0.2) is 24.3 Å². The molecule has 2 rings (SSSR count). The average molecular weight is 251 g/mol. The third-order valence-electron chi connectivity index (χ3n) is 2.92. The van der Waals surface area contributed by atoms with Crippen LogP contribution in [0.1, 0.15) is 18.5 Å². The van der Waals surface area contributed by atoms with Gasteiger partial charge in [-0.3, -0.25) is 4.90 Å². The molecule has 0 unspecified atom stereocenters. The fraction of sp³-hybridized carbons (Fsp3) is 0.462. The molecule has 2 atom stereocenters. The molecule has 0 N–H and O–H groups in total. The van der Waals surface area contributed by atoms with Crippen LogP contribution < -0.4 is 0 Å². The third kappa shape index (κ3) is 2.98. The molecule has 0 spiro atoms. The number of benzene rings is 1. The number of ether oxygens (including phenoxy) is 1. The lowest BCUT2D eigenvalue weighted by Gasteiger charge is -2.34. The van der Waals surface area contributed by atoms with E-state index in [1.165, 1.54) is 0 Å². The van der Waals surface area contributed by atoms with Crippen LogP contribution in [0.2, 0.25) is 5.02 Å². The molecule has 4 heteroatoms. The summed E-state index contributed by atoms with van der Waals surface area (Å²) in [7, 11) is 0. The van der Waals surface area contributed by atoms with Gasteiger partial charge in [0.15, 0.2) is 0 Å². The van der Waals surface area contributed by atoms with Crippen LogP contribution in [-0.2, 0) is 4.74 Å². The Morgan fingerprint density at radius 2 is 2.41 bits per heavy atom. The Kier molecular flexibility index (Phi) is 4.01. The van der Waals surface area contributed by atoms with Gasteiger partial charge in [-0.1, -0.05) is 23.7 Å². The summed E-state index contributed by atoms with van der Waals surface area (Å²) in [5.74, 6) is 0. The van der Waals surface area contributed by atoms with E-state index in [2.05, 4.69) is 11.0 Å². The smallest absolute Gasteiger partial charge is 0.124 e. The molecule has 1 heterocycles. The van der Waals surface area contributed by atoms with E-state index in [0.717, 1.165) is 18.7 Å². The van der Waals surface area contributed by atoms with Crippen molar-refractivity contribution in [3.05, 3.63) is 34.9 Å². The van der Waals surface area contributed by atoms with Gasteiger partial charge in [-0.2, -0.15) is 5.26 Å². The molecule has 0 radical (unpaired) electrons. The minimum atomic E-state index is -0.236. The molecule has 17 heavy (non-hydrogen) atoms. The second-order valence-electron chi connectivity index (χ2n) is 4.26. The van der Waals surface area contributed by atoms with E-state index in [1.807, 2.05) is 31.2 Å². The second-order valence-corrected chi connectivity index (χ2v) is 4.70. The van der Waals surface area contributed by atoms with Gasteiger partial charge in [-0.25, -0.2) is 0 Å². The molecular formula is C13H15ClN2O. The van der Waals surface area contributed by atoms with Crippen molar-refractivity contribution in [3.63, 3.8) is 0 Å². The van der Waals surface area contributed by atoms with Crippen molar-refractivity contribution in [1.82, 2.24) is 4.90 Å². The van der Waals surface area contributed by atoms with E-state index in [0.29, 0.717) is 11.6 Å². The van der Waals surface area contributed by atoms with Crippen molar-refractivity contribution in [3.8, 4) is 6.07 Å². The zero-order chi connectivity index (χ0) is 12.3. The first-order valence-electron chi connectivity index (χ1n) is 5.71. The Morgan fingerprint density at radius 3 is 3.06 bits per heavy atom. The van der Waals surface area contributed by atoms with Crippen molar-refractivity contribution in [2.75, 3.05) is 19.7 Å². The van der Waals surface area contributed by atoms with Crippen LogP contribution in [0.4, 0.5) is 0 Å². The topological polar surface area (TPSA) is 36.3 Å². The number of rotatable bonds is 2. The SMILES string of the molecule is C[C@H]1CN([C@H](C#N)c2cccc(Cl)c2)CCO1. The van der Waals surface area contributed by atoms with Gasteiger partial charge in [-0.15, -0.1) is 0 Å². The molecule has 1 aromatic rings. The lowest BCUT2D eigenvalue weighted by molar-refractivity contribution is -0.0269. The van der Waals surface area contributed by atoms with Crippen LogP contribution >= 0.6 is 11.6 Å². The predicted octanol–water partition coefficient (Wildman–Crippen LogP) is 2.63. The van der Waals surface area contributed by atoms with Crippen LogP contribution in [0.5, 0.6) is 0 Å². The van der Waals surface area contributed by atoms with Gasteiger partial charge in [0.1, 0.15) is 6.04 Å². The molecule has 0 aromatic heterocycles. The highest BCUT2D eigenvalue weighted by Gasteiger charge is 2.25. The lowest BCUT2D eigenvalue weighted by Crippen LogP contribution is -2.42. The van der Waals surface area contributed by atoms with Crippen molar-refractivity contribution in [1.29, 1.82) is 5.26 Å². The maximum atomic E-state index is 9.33. The van der Waals surface area contributed by atoms with Gasteiger partial charge in [-0.05, 0) is 24.6 Å². The summed E-state index contributed by atoms with van der Waals surface area (Å²) in [4.78, 5) is 2.14. The maximum absolute atomic E-state index is 9.33. The fourth-order valence-electron chi connectivity index (χ4n) is 2.12. The second kappa shape index (κ2) is 5.50. The first-order valence-corrected chi connectivity index (χ1v) is 6.09. The Bertz CT molecular complexity index is 430. The van der Waals surface area contributed by atoms with Crippen molar-refractivity contribution >= 4 is 11.6 Å². The van der Waals surface area contributed by atoms with Gasteiger partial charge >= 0.3 is 0 Å². The van der Waals surface area contributed by atoms with Crippen LogP contribution in [0.3, 0.4) is 0 Å². The summed E-state index contributed by atoms with van der Waals surface area (Å²) in [6.45, 7) is 4.28. The average Bonchev–Trinajstić information content (AvgIpc) is 2.30. The van der Waals surface area contributed by atoms with Gasteiger partial charge in [0.2, 0.25) is 0 Å². The molecule has 0 aliphatic carbocycles. The van der Waals surface area contributed by atoms with E-state index < -0.39 is 0 Å². The molecule has 1 aliphatic heterocycles. The standard InChI is InChI=1S/C13H15ClN2O/c1-10-9-16(5-6-17-10)13(8-15)11-3-2-4-12(14)7-11/h2-4,7,10,13H,5-6,9H2,1H3/t10-,13+/m0/s1. The van der Waals surface area contributed by atoms with Crippen molar-refractivity contribution in [2.45, 2.75) is 19.1 Å². The van der Waals surface area contributed by atoms with Crippen LogP contribution in [0.25, 0.3) is 0 Å². The first kappa shape index (κ1) is 12.4. The van der Waals surface area contributed by atoms with Gasteiger partial charge in [0.05, 0.1) is 18.8 Å². The molecule has 1 aromatic carbocycles. The van der Waals surface area contributed by atoms with Gasteiger partial charge < -0.3 is 4.74 Å². The Morgan fingerprint density at radius 1 is 1.59 bits per heavy atom. The molecule has 0 bridgehead atoms. The zero-order valence-corrected chi connectivity index (χ0v) is 10.5. The molecule has 1 fully saturated rings. The summed E-state index contributed by atoms with van der Waals surface area (Å²) in [6, 6.07) is 9.61. The zero-order valence-electron chi connectivity index (χ0n) is 9.77. The highest BCUT2D eigenvalue weighted by atomic mass is 35.5. The van der Waals surface area contributed by atoms with Gasteiger partial charge in [0, 0.05) is 18.1 Å². The van der Waals surface area contributed by atoms with E-state index in [1.54, 1.807) is 0 Å². The van der Waals surface area contributed by atoms with E-state index >= 15 is 0 Å². The normalized spacial score (nSPS) is 23.0. The van der Waals surface area contributed by atoms with E-state index in [4.69, 9.17) is 16.3 Å². The highest BCUT2D eigenvalue weighted by Crippen LogP contribution is 2.24. The molecule has 90 valence electrons. The highest BCUT2D eigenvalue weighted by molar-refractivity contribution is 6.30. The molecule has 1 aliphatic rings. The number of halogens is 1. The maximum Gasteiger partial charge on any atom is 0.124 e. The van der Waals surface area contributed by atoms with Gasteiger partial charge in [0.25, 0.3) is 0 Å². The number of hydrogen-bond acceptors (Lipinski definition) is 3. The first-order chi connectivity index (χ1) is 8.20. The predicted molar refractivity (Wildman–Crippen MR) is 66.8 cm³/mol. The summed E-state index contributed by atoms with van der Waals surface area (Å²) >= 11 is 5.96. The van der Waals surface area contributed by atoms with E-state index in [-0.39, 0.29) is 12.1 Å². The fourth-order valence-corrected chi connectivity index (χ4v) is 2.32. The lowest BCUT2D eigenvalue weighted by atomic mass is 10.1. The summed E-state index contributed by atoms with van der Waals surface area (Å²) in [6.07, 6.45) is 0.179. The molecule has 1 saturated heterocycles. The summed E-state index contributed by atoms with van der Waals surface area (Å²) in [5.41, 5.74) is 0.953. The molecule has 0 amide bonds. The van der Waals surface area contributed by atoms with E-state index in [9.17, 15) is 5.26 Å². The van der Waals surface area contributed by atoms with Crippen molar-refractivity contribution in [2.24, 2.45) is 0 Å². The third-order valence-corrected chi connectivity index (χ3v) is 3.16. The Labute approximate surface area is 107 Å². The monoisotopic (exact) mass is 250 g/mol. The number of morpholine rings is 1. The minimum absolute atomic E-state index is 0.179. The van der Waals surface area contributed by atoms with Crippen molar-refractivity contribution < 1.29 is 4.74 Å². The van der Waals surface area contributed by atoms with Crippen LogP contribution in [-0.4, -0.2) is 30.7 Å². The molecule has 0 saturated carbocycles. The number of nitrogens with zero attached hydrogens (tertiary/aromatic N) is 2. The Balaban J connectivity index is 2.19. The largest absolute Gasteiger partial charge is 0.376 e. The van der Waals surface area contributed by atoms with Crippen LogP contribution in [0, 0.1) is 11.3 Å². The quantitative estimate of drug-likeness (QED) is 0.810. The minimum Gasteiger partial charge on any atom is -0.376 e. The number of hydrogen-bond donors (Lipinski definition) is 0.